The molecule has 1 saturated heterocycles. The minimum absolute atomic E-state index is 0.222. The lowest BCUT2D eigenvalue weighted by molar-refractivity contribution is -0.134. The Labute approximate surface area is 240 Å². The number of halogens is 1. The van der Waals surface area contributed by atoms with Crippen molar-refractivity contribution >= 4 is 21.8 Å². The molecule has 0 spiro atoms. The van der Waals surface area contributed by atoms with E-state index >= 15 is 0 Å². The third-order valence-corrected chi connectivity index (χ3v) is 9.11. The number of benzene rings is 3. The van der Waals surface area contributed by atoms with Gasteiger partial charge in [-0.05, 0) is 60.3 Å². The SMILES string of the molecule is CS(=O)(=O)N1CCN(C(=O)[C@H](CCN[C@H]2C[C@@H]2c2ccc(F)cc2)NC(=O)c2ccc(-c3ccccc3)cc2)CC1. The molecule has 3 aromatic rings. The summed E-state index contributed by atoms with van der Waals surface area (Å²) >= 11 is 0. The normalized spacial score (nSPS) is 19.9. The Hall–Kier alpha value is -3.60. The monoisotopic (exact) mass is 578 g/mol. The maximum Gasteiger partial charge on any atom is 0.251 e. The van der Waals surface area contributed by atoms with Crippen LogP contribution in [-0.2, 0) is 14.8 Å². The summed E-state index contributed by atoms with van der Waals surface area (Å²) in [7, 11) is -3.33. The van der Waals surface area contributed by atoms with Crippen LogP contribution >= 0.6 is 0 Å². The van der Waals surface area contributed by atoms with Gasteiger partial charge in [0, 0.05) is 43.7 Å². The van der Waals surface area contributed by atoms with Gasteiger partial charge in [0.2, 0.25) is 15.9 Å². The number of sulfonamides is 1. The Morgan fingerprint density at radius 2 is 1.54 bits per heavy atom. The highest BCUT2D eigenvalue weighted by atomic mass is 32.2. The third-order valence-electron chi connectivity index (χ3n) is 7.81. The predicted octanol–water partition coefficient (Wildman–Crippen LogP) is 3.23. The number of carbonyl (C=O) groups is 2. The maximum atomic E-state index is 13.5. The van der Waals surface area contributed by atoms with Gasteiger partial charge >= 0.3 is 0 Å². The average Bonchev–Trinajstić information content (AvgIpc) is 3.76. The molecule has 10 heteroatoms. The van der Waals surface area contributed by atoms with Crippen molar-refractivity contribution in [2.45, 2.75) is 30.8 Å². The summed E-state index contributed by atoms with van der Waals surface area (Å²) in [4.78, 5) is 28.4. The van der Waals surface area contributed by atoms with E-state index in [-0.39, 0.29) is 49.9 Å². The molecule has 216 valence electrons. The molecule has 3 atom stereocenters. The quantitative estimate of drug-likeness (QED) is 0.385. The lowest BCUT2D eigenvalue weighted by Gasteiger charge is -2.35. The third kappa shape index (κ3) is 7.38. The molecule has 2 amide bonds. The zero-order valence-electron chi connectivity index (χ0n) is 23.0. The van der Waals surface area contributed by atoms with Gasteiger partial charge in [0.25, 0.3) is 5.91 Å². The first kappa shape index (κ1) is 28.9. The zero-order chi connectivity index (χ0) is 29.0. The summed E-state index contributed by atoms with van der Waals surface area (Å²) in [6, 6.07) is 23.1. The van der Waals surface area contributed by atoms with Crippen LogP contribution in [0.25, 0.3) is 11.1 Å². The van der Waals surface area contributed by atoms with Crippen LogP contribution in [0, 0.1) is 5.82 Å². The van der Waals surface area contributed by atoms with Crippen molar-refractivity contribution in [3.05, 3.63) is 95.8 Å². The van der Waals surface area contributed by atoms with E-state index in [0.717, 1.165) is 23.1 Å². The molecule has 0 aromatic heterocycles. The highest BCUT2D eigenvalue weighted by Gasteiger charge is 2.38. The fourth-order valence-corrected chi connectivity index (χ4v) is 6.14. The molecule has 2 N–H and O–H groups in total. The fourth-order valence-electron chi connectivity index (χ4n) is 5.32. The zero-order valence-corrected chi connectivity index (χ0v) is 23.8. The Balaban J connectivity index is 1.22. The van der Waals surface area contributed by atoms with E-state index < -0.39 is 16.1 Å². The van der Waals surface area contributed by atoms with Crippen LogP contribution < -0.4 is 10.6 Å². The molecule has 3 aromatic carbocycles. The number of hydrogen-bond acceptors (Lipinski definition) is 5. The molecule has 1 aliphatic heterocycles. The van der Waals surface area contributed by atoms with Gasteiger partial charge in [0.1, 0.15) is 11.9 Å². The summed E-state index contributed by atoms with van der Waals surface area (Å²) in [5, 5.41) is 6.40. The average molecular weight is 579 g/mol. The molecule has 1 aliphatic carbocycles. The smallest absolute Gasteiger partial charge is 0.251 e. The second-order valence-electron chi connectivity index (χ2n) is 10.7. The molecule has 5 rings (SSSR count). The number of nitrogens with one attached hydrogen (secondary N) is 2. The van der Waals surface area contributed by atoms with Gasteiger partial charge in [-0.25, -0.2) is 12.8 Å². The first-order valence-corrected chi connectivity index (χ1v) is 15.7. The molecular weight excluding hydrogens is 543 g/mol. The van der Waals surface area contributed by atoms with E-state index in [1.165, 1.54) is 22.7 Å². The molecule has 8 nitrogen and oxygen atoms in total. The maximum absolute atomic E-state index is 13.5. The number of piperazine rings is 1. The topological polar surface area (TPSA) is 98.8 Å². The van der Waals surface area contributed by atoms with Crippen LogP contribution in [-0.4, -0.2) is 80.5 Å². The van der Waals surface area contributed by atoms with Gasteiger partial charge in [-0.1, -0.05) is 54.6 Å². The molecule has 0 radical (unpaired) electrons. The van der Waals surface area contributed by atoms with Crippen molar-refractivity contribution in [1.29, 1.82) is 0 Å². The summed E-state index contributed by atoms with van der Waals surface area (Å²) in [5.41, 5.74) is 3.57. The molecule has 1 heterocycles. The summed E-state index contributed by atoms with van der Waals surface area (Å²) < 4.78 is 38.5. The van der Waals surface area contributed by atoms with Crippen LogP contribution in [0.2, 0.25) is 0 Å². The molecule has 1 saturated carbocycles. The molecule has 0 bridgehead atoms. The summed E-state index contributed by atoms with van der Waals surface area (Å²) in [5.74, 6) is -0.525. The minimum Gasteiger partial charge on any atom is -0.340 e. The van der Waals surface area contributed by atoms with Crippen molar-refractivity contribution in [3.63, 3.8) is 0 Å². The fraction of sp³-hybridized carbons (Fsp3) is 0.355. The largest absolute Gasteiger partial charge is 0.340 e. The van der Waals surface area contributed by atoms with Crippen molar-refractivity contribution < 1.29 is 22.4 Å². The van der Waals surface area contributed by atoms with Gasteiger partial charge < -0.3 is 15.5 Å². The lowest BCUT2D eigenvalue weighted by atomic mass is 10.0. The molecular formula is C31H35FN4O4S. The van der Waals surface area contributed by atoms with Crippen LogP contribution in [0.15, 0.2) is 78.9 Å². The molecule has 2 aliphatic rings. The highest BCUT2D eigenvalue weighted by Crippen LogP contribution is 2.40. The number of hydrogen-bond donors (Lipinski definition) is 2. The number of rotatable bonds is 10. The summed E-state index contributed by atoms with van der Waals surface area (Å²) in [6.07, 6.45) is 2.47. The first-order valence-electron chi connectivity index (χ1n) is 13.9. The van der Waals surface area contributed by atoms with Crippen LogP contribution in [0.1, 0.15) is 34.7 Å². The highest BCUT2D eigenvalue weighted by molar-refractivity contribution is 7.88. The van der Waals surface area contributed by atoms with Gasteiger partial charge in [0.15, 0.2) is 0 Å². The molecule has 41 heavy (non-hydrogen) atoms. The van der Waals surface area contributed by atoms with Gasteiger partial charge in [-0.2, -0.15) is 4.31 Å². The Morgan fingerprint density at radius 3 is 2.17 bits per heavy atom. The lowest BCUT2D eigenvalue weighted by Crippen LogP contribution is -2.56. The van der Waals surface area contributed by atoms with Crippen molar-refractivity contribution in [1.82, 2.24) is 19.8 Å². The van der Waals surface area contributed by atoms with E-state index in [1.807, 2.05) is 42.5 Å². The minimum atomic E-state index is -3.33. The molecule has 0 unspecified atom stereocenters. The van der Waals surface area contributed by atoms with Crippen LogP contribution in [0.4, 0.5) is 4.39 Å². The Morgan fingerprint density at radius 1 is 0.902 bits per heavy atom. The van der Waals surface area contributed by atoms with E-state index in [9.17, 15) is 22.4 Å². The summed E-state index contributed by atoms with van der Waals surface area (Å²) in [6.45, 7) is 1.51. The van der Waals surface area contributed by atoms with E-state index in [2.05, 4.69) is 10.6 Å². The van der Waals surface area contributed by atoms with E-state index in [0.29, 0.717) is 24.4 Å². The van der Waals surface area contributed by atoms with Crippen molar-refractivity contribution in [3.8, 4) is 11.1 Å². The van der Waals surface area contributed by atoms with Crippen LogP contribution in [0.3, 0.4) is 0 Å². The van der Waals surface area contributed by atoms with Crippen molar-refractivity contribution in [2.75, 3.05) is 39.0 Å². The van der Waals surface area contributed by atoms with Gasteiger partial charge in [0.05, 0.1) is 6.26 Å². The molecule has 2 fully saturated rings. The Kier molecular flexibility index (Phi) is 8.82. The van der Waals surface area contributed by atoms with E-state index in [1.54, 1.807) is 29.2 Å². The predicted molar refractivity (Wildman–Crippen MR) is 156 cm³/mol. The number of carbonyl (C=O) groups excluding carboxylic acids is 2. The first-order chi connectivity index (χ1) is 19.7. The number of nitrogens with zero attached hydrogens (tertiary/aromatic N) is 2. The Bertz CT molecular complexity index is 1460. The van der Waals surface area contributed by atoms with Gasteiger partial charge in [-0.15, -0.1) is 0 Å². The second kappa shape index (κ2) is 12.5. The van der Waals surface area contributed by atoms with E-state index in [4.69, 9.17) is 0 Å². The second-order valence-corrected chi connectivity index (χ2v) is 12.7. The van der Waals surface area contributed by atoms with Gasteiger partial charge in [-0.3, -0.25) is 9.59 Å². The standard InChI is InChI=1S/C31H35FN4O4S/c1-41(39,40)36-19-17-35(18-20-36)31(38)28(15-16-33-29-21-27(29)24-11-13-26(32)14-12-24)34-30(37)25-9-7-23(8-10-25)22-5-3-2-4-6-22/h2-14,27-29,33H,15-21H2,1H3,(H,34,37)/t27-,28+,29+/m1/s1. The number of amides is 2. The van der Waals surface area contributed by atoms with Crippen molar-refractivity contribution in [2.24, 2.45) is 0 Å². The van der Waals surface area contributed by atoms with Crippen LogP contribution in [0.5, 0.6) is 0 Å².